The summed E-state index contributed by atoms with van der Waals surface area (Å²) in [5.41, 5.74) is 1.63. The number of hydrogen-bond acceptors (Lipinski definition) is 5. The lowest BCUT2D eigenvalue weighted by Gasteiger charge is -2.12. The molecule has 0 radical (unpaired) electrons. The maximum Gasteiger partial charge on any atom is 0.251 e. The molecule has 26 heavy (non-hydrogen) atoms. The van der Waals surface area contributed by atoms with Crippen molar-refractivity contribution in [1.82, 2.24) is 9.97 Å². The monoisotopic (exact) mass is 373 g/mol. The molecule has 1 aromatic heterocycles. The van der Waals surface area contributed by atoms with Crippen LogP contribution in [0.2, 0.25) is 0 Å². The van der Waals surface area contributed by atoms with Gasteiger partial charge in [0, 0.05) is 23.0 Å². The molecule has 0 bridgehead atoms. The van der Waals surface area contributed by atoms with Crippen LogP contribution in [0.25, 0.3) is 0 Å². The Bertz CT molecular complexity index is 848. The van der Waals surface area contributed by atoms with Gasteiger partial charge in [-0.1, -0.05) is 37.2 Å². The van der Waals surface area contributed by atoms with E-state index >= 15 is 0 Å². The molecule has 1 heterocycles. The Morgan fingerprint density at radius 2 is 2.08 bits per heavy atom. The fourth-order valence-corrected chi connectivity index (χ4v) is 3.14. The van der Waals surface area contributed by atoms with Gasteiger partial charge in [0.05, 0.1) is 5.25 Å². The van der Waals surface area contributed by atoms with Crippen molar-refractivity contribution in [2.24, 2.45) is 0 Å². The lowest BCUT2D eigenvalue weighted by atomic mass is 10.1. The van der Waals surface area contributed by atoms with Crippen molar-refractivity contribution in [3.63, 3.8) is 0 Å². The summed E-state index contributed by atoms with van der Waals surface area (Å²) in [5.74, 6) is -0.286. The maximum absolute atomic E-state index is 12.4. The van der Waals surface area contributed by atoms with E-state index in [1.807, 2.05) is 0 Å². The third-order valence-electron chi connectivity index (χ3n) is 3.75. The second-order valence-corrected chi connectivity index (χ2v) is 7.36. The number of hydrogen-bond donors (Lipinski definition) is 2. The first-order valence-corrected chi connectivity index (χ1v) is 9.45. The van der Waals surface area contributed by atoms with Crippen molar-refractivity contribution < 1.29 is 9.59 Å². The van der Waals surface area contributed by atoms with Gasteiger partial charge in [0.1, 0.15) is 0 Å². The molecular formula is C19H23N3O3S. The van der Waals surface area contributed by atoms with E-state index in [9.17, 15) is 14.4 Å². The molecule has 2 N–H and O–H groups in total. The zero-order chi connectivity index (χ0) is 19.1. The van der Waals surface area contributed by atoms with Gasteiger partial charge in [0.2, 0.25) is 5.91 Å². The molecule has 2 aromatic rings. The van der Waals surface area contributed by atoms with Crippen LogP contribution in [0, 0.1) is 0 Å². The summed E-state index contributed by atoms with van der Waals surface area (Å²) in [6.45, 7) is 5.30. The highest BCUT2D eigenvalue weighted by atomic mass is 32.2. The zero-order valence-corrected chi connectivity index (χ0v) is 16.0. The first-order chi connectivity index (χ1) is 12.4. The smallest absolute Gasteiger partial charge is 0.251 e. The first-order valence-electron chi connectivity index (χ1n) is 8.57. The quantitative estimate of drug-likeness (QED) is 0.420. The van der Waals surface area contributed by atoms with Crippen molar-refractivity contribution in [2.45, 2.75) is 50.4 Å². The second-order valence-electron chi connectivity index (χ2n) is 6.03. The fraction of sp³-hybridized carbons (Fsp3) is 0.368. The van der Waals surface area contributed by atoms with Crippen LogP contribution in [0.5, 0.6) is 0 Å². The predicted octanol–water partition coefficient (Wildman–Crippen LogP) is 3.43. The number of aryl methyl sites for hydroxylation is 1. The number of rotatable bonds is 8. The van der Waals surface area contributed by atoms with E-state index in [0.29, 0.717) is 16.4 Å². The number of carbonyl (C=O) groups is 2. The molecule has 0 aliphatic heterocycles. The number of nitrogens with zero attached hydrogens (tertiary/aromatic N) is 1. The topological polar surface area (TPSA) is 91.9 Å². The number of thioether (sulfide) groups is 1. The van der Waals surface area contributed by atoms with Crippen LogP contribution in [-0.4, -0.2) is 26.9 Å². The summed E-state index contributed by atoms with van der Waals surface area (Å²) in [5, 5.41) is 2.77. The number of ketones is 1. The Hall–Kier alpha value is -2.41. The van der Waals surface area contributed by atoms with Gasteiger partial charge < -0.3 is 10.3 Å². The largest absolute Gasteiger partial charge is 0.325 e. The maximum atomic E-state index is 12.4. The van der Waals surface area contributed by atoms with Gasteiger partial charge in [0.25, 0.3) is 5.56 Å². The average molecular weight is 373 g/mol. The summed E-state index contributed by atoms with van der Waals surface area (Å²) >= 11 is 1.20. The zero-order valence-electron chi connectivity index (χ0n) is 15.2. The Kier molecular flexibility index (Phi) is 7.15. The van der Waals surface area contributed by atoms with Gasteiger partial charge in [-0.3, -0.25) is 14.4 Å². The highest BCUT2D eigenvalue weighted by Gasteiger charge is 2.17. The molecule has 1 unspecified atom stereocenters. The Balaban J connectivity index is 2.05. The van der Waals surface area contributed by atoms with Gasteiger partial charge in [-0.15, -0.1) is 0 Å². The molecule has 0 aliphatic carbocycles. The molecule has 0 spiro atoms. The van der Waals surface area contributed by atoms with Crippen LogP contribution < -0.4 is 10.9 Å². The third-order valence-corrected chi connectivity index (χ3v) is 4.74. The van der Waals surface area contributed by atoms with Crippen LogP contribution in [-0.2, 0) is 11.2 Å². The number of H-pyrrole nitrogens is 1. The average Bonchev–Trinajstić information content (AvgIpc) is 2.59. The standard InChI is InChI=1S/C19H23N3O3S/c1-4-5-8-16-11-17(24)22-19(21-16)26-13(3)18(25)20-15-9-6-7-14(10-15)12(2)23/h6-7,9-11,13H,4-5,8H2,1-3H3,(H,20,25)(H,21,22,24). The van der Waals surface area contributed by atoms with Gasteiger partial charge in [-0.05, 0) is 38.8 Å². The molecule has 1 amide bonds. The van der Waals surface area contributed by atoms with Crippen molar-refractivity contribution >= 4 is 29.1 Å². The Morgan fingerprint density at radius 3 is 2.77 bits per heavy atom. The summed E-state index contributed by atoms with van der Waals surface area (Å²) in [6, 6.07) is 8.29. The number of unbranched alkanes of at least 4 members (excludes halogenated alkanes) is 1. The van der Waals surface area contributed by atoms with Gasteiger partial charge >= 0.3 is 0 Å². The molecular weight excluding hydrogens is 350 g/mol. The van der Waals surface area contributed by atoms with E-state index in [4.69, 9.17) is 0 Å². The highest BCUT2D eigenvalue weighted by Crippen LogP contribution is 2.21. The number of aromatic amines is 1. The highest BCUT2D eigenvalue weighted by molar-refractivity contribution is 8.00. The summed E-state index contributed by atoms with van der Waals surface area (Å²) < 4.78 is 0. The minimum atomic E-state index is -0.458. The van der Waals surface area contributed by atoms with Crippen molar-refractivity contribution in [3.05, 3.63) is 51.9 Å². The van der Waals surface area contributed by atoms with Crippen LogP contribution in [0.3, 0.4) is 0 Å². The second kappa shape index (κ2) is 9.33. The molecule has 2 rings (SSSR count). The first kappa shape index (κ1) is 19.9. The number of aromatic nitrogens is 2. The van der Waals surface area contributed by atoms with Gasteiger partial charge in [-0.2, -0.15) is 0 Å². The molecule has 1 atom stereocenters. The van der Waals surface area contributed by atoms with Gasteiger partial charge in [0.15, 0.2) is 10.9 Å². The number of carbonyl (C=O) groups excluding carboxylic acids is 2. The fourth-order valence-electron chi connectivity index (χ4n) is 2.31. The van der Waals surface area contributed by atoms with E-state index < -0.39 is 5.25 Å². The predicted molar refractivity (Wildman–Crippen MR) is 104 cm³/mol. The summed E-state index contributed by atoms with van der Waals surface area (Å²) in [6.07, 6.45) is 2.73. The normalized spacial score (nSPS) is 11.8. The van der Waals surface area contributed by atoms with E-state index in [1.165, 1.54) is 24.8 Å². The van der Waals surface area contributed by atoms with Crippen LogP contribution in [0.15, 0.2) is 40.3 Å². The van der Waals surface area contributed by atoms with E-state index in [1.54, 1.807) is 31.2 Å². The van der Waals surface area contributed by atoms with Gasteiger partial charge in [-0.25, -0.2) is 4.98 Å². The van der Waals surface area contributed by atoms with Crippen LogP contribution >= 0.6 is 11.8 Å². The van der Waals surface area contributed by atoms with E-state index in [-0.39, 0.29) is 17.2 Å². The molecule has 1 aromatic carbocycles. The molecule has 6 nitrogen and oxygen atoms in total. The van der Waals surface area contributed by atoms with Crippen molar-refractivity contribution in [3.8, 4) is 0 Å². The molecule has 0 aliphatic rings. The number of benzene rings is 1. The number of amides is 1. The lowest BCUT2D eigenvalue weighted by molar-refractivity contribution is -0.115. The molecule has 0 saturated heterocycles. The molecule has 7 heteroatoms. The number of Topliss-reactive ketones (excluding diaryl/α,β-unsaturated/α-hetero) is 1. The van der Waals surface area contributed by atoms with Crippen molar-refractivity contribution in [1.29, 1.82) is 0 Å². The van der Waals surface area contributed by atoms with E-state index in [0.717, 1.165) is 25.0 Å². The SMILES string of the molecule is CCCCc1cc(=O)[nH]c(SC(C)C(=O)Nc2cccc(C(C)=O)c2)n1. The Labute approximate surface area is 156 Å². The lowest BCUT2D eigenvalue weighted by Crippen LogP contribution is -2.23. The number of nitrogens with one attached hydrogen (secondary N) is 2. The minimum absolute atomic E-state index is 0.0609. The Morgan fingerprint density at radius 1 is 1.31 bits per heavy atom. The van der Waals surface area contributed by atoms with E-state index in [2.05, 4.69) is 22.2 Å². The summed E-state index contributed by atoms with van der Waals surface area (Å²) in [4.78, 5) is 42.7. The molecule has 0 fully saturated rings. The van der Waals surface area contributed by atoms with Crippen molar-refractivity contribution in [2.75, 3.05) is 5.32 Å². The third kappa shape index (κ3) is 5.84. The summed E-state index contributed by atoms with van der Waals surface area (Å²) in [7, 11) is 0. The van der Waals surface area contributed by atoms with Crippen LogP contribution in [0.4, 0.5) is 5.69 Å². The van der Waals surface area contributed by atoms with Crippen LogP contribution in [0.1, 0.15) is 49.7 Å². The minimum Gasteiger partial charge on any atom is -0.325 e. The number of anilines is 1. The molecule has 138 valence electrons. The molecule has 0 saturated carbocycles.